The fourth-order valence-corrected chi connectivity index (χ4v) is 3.08. The van der Waals surface area contributed by atoms with Crippen molar-refractivity contribution in [1.82, 2.24) is 4.98 Å². The molecule has 118 valence electrons. The number of rotatable bonds is 3. The lowest BCUT2D eigenvalue weighted by molar-refractivity contribution is 0.416. The molecular weight excluding hydrogens is 338 g/mol. The van der Waals surface area contributed by atoms with Gasteiger partial charge in [0.25, 0.3) is 10.1 Å². The Bertz CT molecular complexity index is 1000. The van der Waals surface area contributed by atoms with Crippen molar-refractivity contribution in [2.75, 3.05) is 7.11 Å². The van der Waals surface area contributed by atoms with E-state index in [1.807, 2.05) is 0 Å². The van der Waals surface area contributed by atoms with E-state index < -0.39 is 10.1 Å². The lowest BCUT2D eigenvalue weighted by Gasteiger charge is -2.11. The minimum Gasteiger partial charge on any atom is -0.496 e. The van der Waals surface area contributed by atoms with Crippen LogP contribution in [0.5, 0.6) is 5.75 Å². The largest absolute Gasteiger partial charge is 0.496 e. The lowest BCUT2D eigenvalue weighted by Crippen LogP contribution is -1.98. The summed E-state index contributed by atoms with van der Waals surface area (Å²) in [5, 5.41) is 1.89. The first-order valence-electron chi connectivity index (χ1n) is 6.60. The maximum absolute atomic E-state index is 11.3. The van der Waals surface area contributed by atoms with Crippen LogP contribution in [0.2, 0.25) is 5.02 Å². The van der Waals surface area contributed by atoms with Gasteiger partial charge >= 0.3 is 0 Å². The fourth-order valence-electron chi connectivity index (χ4n) is 2.40. The van der Waals surface area contributed by atoms with Gasteiger partial charge in [-0.2, -0.15) is 8.42 Å². The number of methoxy groups -OCH3 is 1. The number of pyridine rings is 1. The van der Waals surface area contributed by atoms with E-state index in [1.165, 1.54) is 12.1 Å². The molecule has 0 unspecified atom stereocenters. The molecule has 0 saturated carbocycles. The fraction of sp³-hybridized carbons (Fsp3) is 0.0625. The second-order valence-corrected chi connectivity index (χ2v) is 6.72. The van der Waals surface area contributed by atoms with Gasteiger partial charge in [0.15, 0.2) is 0 Å². The van der Waals surface area contributed by atoms with Gasteiger partial charge in [0.2, 0.25) is 0 Å². The monoisotopic (exact) mass is 349 g/mol. The van der Waals surface area contributed by atoms with Crippen molar-refractivity contribution in [3.8, 4) is 17.0 Å². The maximum atomic E-state index is 11.3. The number of nitrogens with zero attached hydrogens (tertiary/aromatic N) is 1. The minimum absolute atomic E-state index is 0.166. The molecule has 0 spiro atoms. The van der Waals surface area contributed by atoms with Gasteiger partial charge in [-0.1, -0.05) is 17.7 Å². The maximum Gasteiger partial charge on any atom is 0.294 e. The highest BCUT2D eigenvalue weighted by atomic mass is 35.5. The standard InChI is InChI=1S/C16H12ClNO4S/c1-22-15-5-2-11(17)9-14(15)16-13-4-3-12(23(19,20)21)8-10(13)6-7-18-16/h2-9H,1H3,(H,19,20,21). The van der Waals surface area contributed by atoms with Crippen LogP contribution in [0, 0.1) is 0 Å². The Morgan fingerprint density at radius 3 is 2.61 bits per heavy atom. The third kappa shape index (κ3) is 3.01. The van der Waals surface area contributed by atoms with Gasteiger partial charge in [0, 0.05) is 22.2 Å². The van der Waals surface area contributed by atoms with Crippen LogP contribution in [0.4, 0.5) is 0 Å². The second-order valence-electron chi connectivity index (χ2n) is 4.86. The molecule has 0 amide bonds. The van der Waals surface area contributed by atoms with Gasteiger partial charge in [-0.3, -0.25) is 9.54 Å². The zero-order valence-corrected chi connectivity index (χ0v) is 13.6. The molecule has 0 aliphatic heterocycles. The molecule has 1 heterocycles. The summed E-state index contributed by atoms with van der Waals surface area (Å²) < 4.78 is 37.1. The van der Waals surface area contributed by atoms with Crippen LogP contribution >= 0.6 is 11.6 Å². The van der Waals surface area contributed by atoms with Crippen LogP contribution in [0.15, 0.2) is 53.6 Å². The van der Waals surface area contributed by atoms with E-state index in [9.17, 15) is 13.0 Å². The van der Waals surface area contributed by atoms with Crippen LogP contribution in [0.3, 0.4) is 0 Å². The van der Waals surface area contributed by atoms with Crippen molar-refractivity contribution >= 4 is 32.5 Å². The Labute approximate surface area is 138 Å². The highest BCUT2D eigenvalue weighted by molar-refractivity contribution is 7.85. The predicted molar refractivity (Wildman–Crippen MR) is 88.6 cm³/mol. The number of fused-ring (bicyclic) bond motifs is 1. The van der Waals surface area contributed by atoms with Crippen molar-refractivity contribution in [2.24, 2.45) is 0 Å². The minimum atomic E-state index is -4.26. The van der Waals surface area contributed by atoms with Crippen molar-refractivity contribution in [3.63, 3.8) is 0 Å². The molecule has 2 aromatic carbocycles. The summed E-state index contributed by atoms with van der Waals surface area (Å²) in [6.07, 6.45) is 1.56. The first-order valence-corrected chi connectivity index (χ1v) is 8.42. The molecule has 0 bridgehead atoms. The highest BCUT2D eigenvalue weighted by Gasteiger charge is 2.14. The molecule has 0 fully saturated rings. The summed E-state index contributed by atoms with van der Waals surface area (Å²) in [5.41, 5.74) is 1.31. The Kier molecular flexibility index (Phi) is 3.97. The Hall–Kier alpha value is -2.15. The third-order valence-electron chi connectivity index (χ3n) is 3.45. The van der Waals surface area contributed by atoms with Gasteiger partial charge < -0.3 is 4.74 Å². The van der Waals surface area contributed by atoms with E-state index in [4.69, 9.17) is 16.3 Å². The van der Waals surface area contributed by atoms with E-state index in [-0.39, 0.29) is 4.90 Å². The molecule has 1 N–H and O–H groups in total. The molecule has 0 atom stereocenters. The molecule has 23 heavy (non-hydrogen) atoms. The third-order valence-corrected chi connectivity index (χ3v) is 4.54. The first-order chi connectivity index (χ1) is 10.9. The van der Waals surface area contributed by atoms with E-state index in [0.29, 0.717) is 27.4 Å². The molecule has 5 nitrogen and oxygen atoms in total. The zero-order valence-electron chi connectivity index (χ0n) is 12.0. The average molecular weight is 350 g/mol. The summed E-state index contributed by atoms with van der Waals surface area (Å²) in [7, 11) is -2.71. The normalized spacial score (nSPS) is 11.6. The summed E-state index contributed by atoms with van der Waals surface area (Å²) >= 11 is 6.06. The Balaban J connectivity index is 2.30. The molecule has 1 aromatic heterocycles. The molecule has 0 aliphatic carbocycles. The van der Waals surface area contributed by atoms with E-state index in [2.05, 4.69) is 4.98 Å². The molecule has 3 rings (SSSR count). The van der Waals surface area contributed by atoms with Gasteiger partial charge in [0.1, 0.15) is 5.75 Å². The van der Waals surface area contributed by atoms with Gasteiger partial charge in [0.05, 0.1) is 17.7 Å². The number of hydrogen-bond acceptors (Lipinski definition) is 4. The number of halogens is 1. The average Bonchev–Trinajstić information content (AvgIpc) is 2.53. The van der Waals surface area contributed by atoms with Crippen LogP contribution in [-0.4, -0.2) is 25.1 Å². The van der Waals surface area contributed by atoms with Crippen LogP contribution in [-0.2, 0) is 10.1 Å². The summed E-state index contributed by atoms with van der Waals surface area (Å²) in [6, 6.07) is 11.2. The predicted octanol–water partition coefficient (Wildman–Crippen LogP) is 3.81. The second kappa shape index (κ2) is 5.81. The Morgan fingerprint density at radius 1 is 1.13 bits per heavy atom. The van der Waals surface area contributed by atoms with Crippen molar-refractivity contribution in [3.05, 3.63) is 53.7 Å². The van der Waals surface area contributed by atoms with E-state index in [0.717, 1.165) is 5.39 Å². The van der Waals surface area contributed by atoms with E-state index in [1.54, 1.807) is 43.6 Å². The van der Waals surface area contributed by atoms with Crippen LogP contribution in [0.1, 0.15) is 0 Å². The molecule has 0 radical (unpaired) electrons. The smallest absolute Gasteiger partial charge is 0.294 e. The van der Waals surface area contributed by atoms with Gasteiger partial charge in [-0.05, 0) is 41.8 Å². The Morgan fingerprint density at radius 2 is 1.91 bits per heavy atom. The topological polar surface area (TPSA) is 76.5 Å². The summed E-state index contributed by atoms with van der Waals surface area (Å²) in [4.78, 5) is 4.20. The first kappa shape index (κ1) is 15.7. The van der Waals surface area contributed by atoms with Crippen molar-refractivity contribution in [2.45, 2.75) is 4.90 Å². The molecule has 0 aliphatic rings. The van der Waals surface area contributed by atoms with Crippen LogP contribution < -0.4 is 4.74 Å². The highest BCUT2D eigenvalue weighted by Crippen LogP contribution is 2.35. The lowest BCUT2D eigenvalue weighted by atomic mass is 10.0. The number of ether oxygens (including phenoxy) is 1. The molecule has 0 saturated heterocycles. The number of benzene rings is 2. The number of hydrogen-bond donors (Lipinski definition) is 1. The summed E-state index contributed by atoms with van der Waals surface area (Å²) in [6.45, 7) is 0. The van der Waals surface area contributed by atoms with Gasteiger partial charge in [-0.25, -0.2) is 0 Å². The van der Waals surface area contributed by atoms with Gasteiger partial charge in [-0.15, -0.1) is 0 Å². The van der Waals surface area contributed by atoms with Crippen LogP contribution in [0.25, 0.3) is 22.0 Å². The number of aromatic nitrogens is 1. The quantitative estimate of drug-likeness (QED) is 0.727. The van der Waals surface area contributed by atoms with Crippen molar-refractivity contribution in [1.29, 1.82) is 0 Å². The summed E-state index contributed by atoms with van der Waals surface area (Å²) in [5.74, 6) is 0.605. The van der Waals surface area contributed by atoms with E-state index >= 15 is 0 Å². The SMILES string of the molecule is COc1ccc(Cl)cc1-c1nccc2cc(S(=O)(=O)O)ccc12. The molecular formula is C16H12ClNO4S. The molecule has 7 heteroatoms. The molecule has 3 aromatic rings. The van der Waals surface area contributed by atoms with Crippen molar-refractivity contribution < 1.29 is 17.7 Å². The zero-order chi connectivity index (χ0) is 16.6.